The van der Waals surface area contributed by atoms with Gasteiger partial charge in [-0.05, 0) is 68.8 Å². The number of rotatable bonds is 2. The van der Waals surface area contributed by atoms with Crippen LogP contribution in [0.1, 0.15) is 50.4 Å². The van der Waals surface area contributed by atoms with Crippen molar-refractivity contribution >= 4 is 0 Å². The lowest BCUT2D eigenvalue weighted by Crippen LogP contribution is -2.33. The molecule has 1 fully saturated rings. The maximum absolute atomic E-state index is 6.37. The van der Waals surface area contributed by atoms with E-state index in [-0.39, 0.29) is 6.04 Å². The largest absolute Gasteiger partial charge is 0.351 e. The number of piperidine rings is 1. The molecule has 0 bridgehead atoms. The van der Waals surface area contributed by atoms with Crippen molar-refractivity contribution in [2.45, 2.75) is 52.1 Å². The Balaban J connectivity index is 1.75. The topological polar surface area (TPSA) is 34.2 Å². The lowest BCUT2D eigenvalue weighted by atomic mass is 9.74. The Morgan fingerprint density at radius 1 is 1.30 bits per heavy atom. The highest BCUT2D eigenvalue weighted by molar-refractivity contribution is 5.30. The Morgan fingerprint density at radius 3 is 2.70 bits per heavy atom. The van der Waals surface area contributed by atoms with Crippen molar-refractivity contribution in [1.82, 2.24) is 9.47 Å². The molecule has 1 atom stereocenters. The third-order valence-corrected chi connectivity index (χ3v) is 5.22. The van der Waals surface area contributed by atoms with Crippen molar-refractivity contribution < 1.29 is 0 Å². The minimum Gasteiger partial charge on any atom is -0.351 e. The van der Waals surface area contributed by atoms with E-state index in [1.165, 1.54) is 50.2 Å². The van der Waals surface area contributed by atoms with Crippen molar-refractivity contribution in [1.29, 1.82) is 0 Å². The van der Waals surface area contributed by atoms with Gasteiger partial charge in [0.15, 0.2) is 0 Å². The van der Waals surface area contributed by atoms with E-state index in [9.17, 15) is 0 Å². The van der Waals surface area contributed by atoms with Gasteiger partial charge < -0.3 is 15.2 Å². The molecule has 1 saturated heterocycles. The Bertz CT molecular complexity index is 467. The van der Waals surface area contributed by atoms with Gasteiger partial charge in [-0.15, -0.1) is 0 Å². The van der Waals surface area contributed by atoms with E-state index in [4.69, 9.17) is 5.73 Å². The highest BCUT2D eigenvalue weighted by Crippen LogP contribution is 2.40. The first-order valence-corrected chi connectivity index (χ1v) is 8.07. The van der Waals surface area contributed by atoms with Gasteiger partial charge >= 0.3 is 0 Å². The fourth-order valence-corrected chi connectivity index (χ4v) is 3.99. The van der Waals surface area contributed by atoms with Gasteiger partial charge in [-0.25, -0.2) is 0 Å². The zero-order valence-electron chi connectivity index (χ0n) is 13.2. The van der Waals surface area contributed by atoms with E-state index in [0.29, 0.717) is 5.41 Å². The molecule has 0 radical (unpaired) electrons. The normalized spacial score (nSPS) is 27.5. The van der Waals surface area contributed by atoms with Crippen molar-refractivity contribution in [3.05, 3.63) is 23.5 Å². The fourth-order valence-electron chi connectivity index (χ4n) is 3.99. The van der Waals surface area contributed by atoms with Crippen LogP contribution in [0.3, 0.4) is 0 Å². The van der Waals surface area contributed by atoms with Gasteiger partial charge in [0.25, 0.3) is 0 Å². The number of nitrogens with two attached hydrogens (primary N) is 1. The standard InChI is InChI=1S/C17H29N3/c1-17(2)10-15(18)14-6-9-20(16(14)11-17)12-13-4-7-19(3)8-5-13/h6,9,13,15H,4-5,7-8,10-12,18H2,1-3H3. The second kappa shape index (κ2) is 5.19. The van der Waals surface area contributed by atoms with E-state index < -0.39 is 0 Å². The summed E-state index contributed by atoms with van der Waals surface area (Å²) < 4.78 is 2.51. The lowest BCUT2D eigenvalue weighted by molar-refractivity contribution is 0.201. The zero-order chi connectivity index (χ0) is 14.3. The highest BCUT2D eigenvalue weighted by Gasteiger charge is 2.32. The molecule has 2 heterocycles. The predicted molar refractivity (Wildman–Crippen MR) is 83.7 cm³/mol. The van der Waals surface area contributed by atoms with Crippen LogP contribution in [-0.2, 0) is 13.0 Å². The number of aromatic nitrogens is 1. The van der Waals surface area contributed by atoms with Gasteiger partial charge in [-0.1, -0.05) is 13.8 Å². The number of nitrogens with zero attached hydrogens (tertiary/aromatic N) is 2. The third kappa shape index (κ3) is 2.79. The molecule has 1 aliphatic heterocycles. The Morgan fingerprint density at radius 2 is 2.00 bits per heavy atom. The van der Waals surface area contributed by atoms with Crippen LogP contribution < -0.4 is 5.73 Å². The number of fused-ring (bicyclic) bond motifs is 1. The summed E-state index contributed by atoms with van der Waals surface area (Å²) in [4.78, 5) is 2.45. The summed E-state index contributed by atoms with van der Waals surface area (Å²) in [6.07, 6.45) is 7.23. The molecule has 0 amide bonds. The van der Waals surface area contributed by atoms with Crippen LogP contribution >= 0.6 is 0 Å². The van der Waals surface area contributed by atoms with Crippen molar-refractivity contribution in [2.24, 2.45) is 17.1 Å². The van der Waals surface area contributed by atoms with Crippen LogP contribution in [-0.4, -0.2) is 29.6 Å². The lowest BCUT2D eigenvalue weighted by Gasteiger charge is -2.35. The molecular weight excluding hydrogens is 246 g/mol. The zero-order valence-corrected chi connectivity index (χ0v) is 13.2. The molecule has 3 rings (SSSR count). The molecule has 3 nitrogen and oxygen atoms in total. The van der Waals surface area contributed by atoms with E-state index >= 15 is 0 Å². The second-order valence-electron chi connectivity index (χ2n) is 7.77. The van der Waals surface area contributed by atoms with Crippen LogP contribution in [0, 0.1) is 11.3 Å². The quantitative estimate of drug-likeness (QED) is 0.900. The molecule has 0 aromatic carbocycles. The molecule has 0 saturated carbocycles. The van der Waals surface area contributed by atoms with E-state index in [1.807, 2.05) is 0 Å². The number of hydrogen-bond donors (Lipinski definition) is 1. The summed E-state index contributed by atoms with van der Waals surface area (Å²) in [5, 5.41) is 0. The van der Waals surface area contributed by atoms with Crippen LogP contribution in [0.5, 0.6) is 0 Å². The smallest absolute Gasteiger partial charge is 0.0318 e. The third-order valence-electron chi connectivity index (χ3n) is 5.22. The molecule has 1 unspecified atom stereocenters. The Kier molecular flexibility index (Phi) is 3.67. The van der Waals surface area contributed by atoms with Gasteiger partial charge in [0, 0.05) is 24.5 Å². The summed E-state index contributed by atoms with van der Waals surface area (Å²) in [6.45, 7) is 8.38. The summed E-state index contributed by atoms with van der Waals surface area (Å²) in [6, 6.07) is 2.50. The first-order chi connectivity index (χ1) is 9.44. The average molecular weight is 275 g/mol. The van der Waals surface area contributed by atoms with Crippen LogP contribution in [0.25, 0.3) is 0 Å². The van der Waals surface area contributed by atoms with Crippen molar-refractivity contribution in [3.8, 4) is 0 Å². The monoisotopic (exact) mass is 275 g/mol. The first-order valence-electron chi connectivity index (χ1n) is 8.07. The summed E-state index contributed by atoms with van der Waals surface area (Å²) in [5.41, 5.74) is 9.62. The summed E-state index contributed by atoms with van der Waals surface area (Å²) >= 11 is 0. The van der Waals surface area contributed by atoms with Gasteiger partial charge in [0.05, 0.1) is 0 Å². The van der Waals surface area contributed by atoms with E-state index in [1.54, 1.807) is 0 Å². The summed E-state index contributed by atoms with van der Waals surface area (Å²) in [7, 11) is 2.23. The van der Waals surface area contributed by atoms with Crippen molar-refractivity contribution in [3.63, 3.8) is 0 Å². The number of hydrogen-bond acceptors (Lipinski definition) is 2. The molecule has 3 heteroatoms. The first kappa shape index (κ1) is 14.2. The highest BCUT2D eigenvalue weighted by atomic mass is 15.1. The van der Waals surface area contributed by atoms with E-state index in [2.05, 4.69) is 42.6 Å². The average Bonchev–Trinajstić information content (AvgIpc) is 2.74. The maximum Gasteiger partial charge on any atom is 0.0318 e. The number of likely N-dealkylation sites (tertiary alicyclic amines) is 1. The molecule has 2 N–H and O–H groups in total. The Labute approximate surface area is 123 Å². The van der Waals surface area contributed by atoms with Gasteiger partial charge in [-0.2, -0.15) is 0 Å². The molecular formula is C17H29N3. The van der Waals surface area contributed by atoms with Crippen LogP contribution in [0.2, 0.25) is 0 Å². The minimum absolute atomic E-state index is 0.229. The second-order valence-corrected chi connectivity index (χ2v) is 7.77. The van der Waals surface area contributed by atoms with E-state index in [0.717, 1.165) is 12.3 Å². The molecule has 1 aliphatic carbocycles. The maximum atomic E-state index is 6.37. The van der Waals surface area contributed by atoms with Gasteiger partial charge in [0.1, 0.15) is 0 Å². The fraction of sp³-hybridized carbons (Fsp3) is 0.765. The van der Waals surface area contributed by atoms with Gasteiger partial charge in [0.2, 0.25) is 0 Å². The van der Waals surface area contributed by atoms with Gasteiger partial charge in [-0.3, -0.25) is 0 Å². The minimum atomic E-state index is 0.229. The molecule has 0 spiro atoms. The SMILES string of the molecule is CN1CCC(Cn2ccc3c2CC(C)(C)CC3N)CC1. The Hall–Kier alpha value is -0.800. The predicted octanol–water partition coefficient (Wildman–Crippen LogP) is 2.80. The van der Waals surface area contributed by atoms with Crippen LogP contribution in [0.15, 0.2) is 12.3 Å². The molecule has 1 aromatic rings. The summed E-state index contributed by atoms with van der Waals surface area (Å²) in [5.74, 6) is 0.837. The molecule has 2 aliphatic rings. The molecule has 112 valence electrons. The molecule has 20 heavy (non-hydrogen) atoms. The van der Waals surface area contributed by atoms with Crippen molar-refractivity contribution in [2.75, 3.05) is 20.1 Å². The van der Waals surface area contributed by atoms with Crippen LogP contribution in [0.4, 0.5) is 0 Å². The molecule has 1 aromatic heterocycles.